The number of aromatic nitrogens is 3. The van der Waals surface area contributed by atoms with Crippen molar-refractivity contribution in [3.63, 3.8) is 0 Å². The fourth-order valence-corrected chi connectivity index (χ4v) is 6.25. The Morgan fingerprint density at radius 1 is 0.894 bits per heavy atom. The normalized spacial score (nSPS) is 21.0. The van der Waals surface area contributed by atoms with Crippen molar-refractivity contribution in [2.45, 2.75) is 89.2 Å². The standard InChI is InChI=1S/C33H40F3N7O4/c1-32(2,3)47-31(46)42-15-13-41(14-16-42)22-9-11-23(12-10-22)43-19-20-17-27(24(18-26(20)40-43)29(44)37-21-7-8-21)39-30(45)25-5-4-6-28(38-25)33(34,35)36/h4-6,17-19,21-23H,7-16H2,1-3H3,(H,37,44)(H,39,45). The zero-order chi connectivity index (χ0) is 33.5. The highest BCUT2D eigenvalue weighted by Crippen LogP contribution is 2.34. The molecule has 3 aliphatic rings. The average Bonchev–Trinajstić information content (AvgIpc) is 3.74. The van der Waals surface area contributed by atoms with Gasteiger partial charge in [-0.1, -0.05) is 6.07 Å². The Morgan fingerprint density at radius 2 is 1.57 bits per heavy atom. The van der Waals surface area contributed by atoms with Crippen LogP contribution in [0.15, 0.2) is 36.5 Å². The van der Waals surface area contributed by atoms with Gasteiger partial charge in [-0.05, 0) is 83.6 Å². The van der Waals surface area contributed by atoms with Crippen molar-refractivity contribution in [3.8, 4) is 0 Å². The van der Waals surface area contributed by atoms with E-state index in [1.807, 2.05) is 31.6 Å². The van der Waals surface area contributed by atoms with Gasteiger partial charge in [0.25, 0.3) is 11.8 Å². The van der Waals surface area contributed by atoms with Gasteiger partial charge < -0.3 is 20.3 Å². The Kier molecular flexibility index (Phi) is 8.90. The molecule has 1 aromatic carbocycles. The summed E-state index contributed by atoms with van der Waals surface area (Å²) in [4.78, 5) is 46.4. The van der Waals surface area contributed by atoms with Gasteiger partial charge in [0.2, 0.25) is 0 Å². The molecule has 0 bridgehead atoms. The van der Waals surface area contributed by atoms with Crippen LogP contribution < -0.4 is 10.6 Å². The molecule has 3 amide bonds. The van der Waals surface area contributed by atoms with E-state index in [1.54, 1.807) is 17.0 Å². The second kappa shape index (κ2) is 12.8. The predicted molar refractivity (Wildman–Crippen MR) is 168 cm³/mol. The van der Waals surface area contributed by atoms with Gasteiger partial charge in [-0.2, -0.15) is 18.3 Å². The summed E-state index contributed by atoms with van der Waals surface area (Å²) in [6.07, 6.45) is 2.42. The maximum absolute atomic E-state index is 13.2. The average molecular weight is 656 g/mol. The summed E-state index contributed by atoms with van der Waals surface area (Å²) >= 11 is 0. The van der Waals surface area contributed by atoms with E-state index in [9.17, 15) is 27.6 Å². The minimum atomic E-state index is -4.70. The van der Waals surface area contributed by atoms with Crippen molar-refractivity contribution in [3.05, 3.63) is 53.5 Å². The van der Waals surface area contributed by atoms with Crippen molar-refractivity contribution in [2.24, 2.45) is 0 Å². The molecule has 14 heteroatoms. The molecule has 2 aliphatic carbocycles. The second-order valence-electron chi connectivity index (χ2n) is 13.6. The lowest BCUT2D eigenvalue weighted by atomic mass is 9.90. The fraction of sp³-hybridized carbons (Fsp3) is 0.545. The summed E-state index contributed by atoms with van der Waals surface area (Å²) in [5.41, 5.74) is -1.16. The zero-order valence-corrected chi connectivity index (χ0v) is 26.8. The zero-order valence-electron chi connectivity index (χ0n) is 26.8. The lowest BCUT2D eigenvalue weighted by molar-refractivity contribution is -0.141. The number of hydrogen-bond acceptors (Lipinski definition) is 7. The van der Waals surface area contributed by atoms with Gasteiger partial charge >= 0.3 is 12.3 Å². The molecule has 2 saturated carbocycles. The molecule has 2 aromatic heterocycles. The molecule has 3 heterocycles. The molecule has 1 saturated heterocycles. The smallest absolute Gasteiger partial charge is 0.433 e. The number of alkyl halides is 3. The van der Waals surface area contributed by atoms with Gasteiger partial charge in [-0.15, -0.1) is 0 Å². The first-order valence-electron chi connectivity index (χ1n) is 16.1. The first-order chi connectivity index (χ1) is 22.2. The second-order valence-corrected chi connectivity index (χ2v) is 13.6. The number of carbonyl (C=O) groups is 3. The summed E-state index contributed by atoms with van der Waals surface area (Å²) in [7, 11) is 0. The van der Waals surface area contributed by atoms with Gasteiger partial charge in [0.15, 0.2) is 0 Å². The number of benzene rings is 1. The van der Waals surface area contributed by atoms with Crippen LogP contribution in [0, 0.1) is 0 Å². The van der Waals surface area contributed by atoms with E-state index in [2.05, 4.69) is 20.5 Å². The van der Waals surface area contributed by atoms with Crippen molar-refractivity contribution in [1.82, 2.24) is 29.9 Å². The van der Waals surface area contributed by atoms with Gasteiger partial charge in [0.05, 0.1) is 22.8 Å². The van der Waals surface area contributed by atoms with Gasteiger partial charge in [0, 0.05) is 49.8 Å². The number of hydrogen-bond donors (Lipinski definition) is 2. The van der Waals surface area contributed by atoms with Gasteiger partial charge in [-0.3, -0.25) is 19.2 Å². The van der Waals surface area contributed by atoms with E-state index < -0.39 is 29.1 Å². The minimum Gasteiger partial charge on any atom is -0.444 e. The predicted octanol–water partition coefficient (Wildman–Crippen LogP) is 5.63. The van der Waals surface area contributed by atoms with Crippen LogP contribution in [0.2, 0.25) is 0 Å². The molecular weight excluding hydrogens is 615 g/mol. The van der Waals surface area contributed by atoms with Crippen LogP contribution >= 0.6 is 0 Å². The topological polar surface area (TPSA) is 122 Å². The van der Waals surface area contributed by atoms with Crippen molar-refractivity contribution in [1.29, 1.82) is 0 Å². The first kappa shape index (κ1) is 32.7. The number of piperazine rings is 1. The summed E-state index contributed by atoms with van der Waals surface area (Å²) in [6, 6.07) is 7.00. The number of carbonyl (C=O) groups excluding carboxylic acids is 3. The number of ether oxygens (including phenoxy) is 1. The quantitative estimate of drug-likeness (QED) is 0.353. The molecule has 0 radical (unpaired) electrons. The van der Waals surface area contributed by atoms with Crippen LogP contribution in [-0.2, 0) is 10.9 Å². The number of halogens is 3. The van der Waals surface area contributed by atoms with Crippen LogP contribution in [0.4, 0.5) is 23.7 Å². The van der Waals surface area contributed by atoms with Crippen molar-refractivity contribution in [2.75, 3.05) is 31.5 Å². The molecule has 6 rings (SSSR count). The largest absolute Gasteiger partial charge is 0.444 e. The number of nitrogens with zero attached hydrogens (tertiary/aromatic N) is 5. The Balaban J connectivity index is 1.14. The molecule has 1 aliphatic heterocycles. The Labute approximate surface area is 270 Å². The molecule has 252 valence electrons. The molecule has 2 N–H and O–H groups in total. The molecule has 0 unspecified atom stereocenters. The Morgan fingerprint density at radius 3 is 2.21 bits per heavy atom. The summed E-state index contributed by atoms with van der Waals surface area (Å²) in [5, 5.41) is 11.0. The van der Waals surface area contributed by atoms with Crippen molar-refractivity contribution < 1.29 is 32.3 Å². The highest BCUT2D eigenvalue weighted by molar-refractivity contribution is 6.10. The number of amides is 3. The summed E-state index contributed by atoms with van der Waals surface area (Å²) in [6.45, 7) is 8.48. The minimum absolute atomic E-state index is 0.0555. The van der Waals surface area contributed by atoms with E-state index in [0.29, 0.717) is 30.0 Å². The molecular formula is C33H40F3N7O4. The van der Waals surface area contributed by atoms with Crippen LogP contribution in [0.5, 0.6) is 0 Å². The third kappa shape index (κ3) is 7.86. The monoisotopic (exact) mass is 655 g/mol. The number of anilines is 1. The van der Waals surface area contributed by atoms with Crippen LogP contribution in [-0.4, -0.2) is 86.3 Å². The van der Waals surface area contributed by atoms with Crippen molar-refractivity contribution >= 4 is 34.5 Å². The van der Waals surface area contributed by atoms with Crippen LogP contribution in [0.1, 0.15) is 91.9 Å². The highest BCUT2D eigenvalue weighted by atomic mass is 19.4. The number of pyridine rings is 1. The molecule has 0 spiro atoms. The molecule has 0 atom stereocenters. The Hall–Kier alpha value is -4.20. The van der Waals surface area contributed by atoms with E-state index >= 15 is 0 Å². The first-order valence-corrected chi connectivity index (χ1v) is 16.1. The maximum atomic E-state index is 13.2. The third-order valence-electron chi connectivity index (χ3n) is 8.86. The summed E-state index contributed by atoms with van der Waals surface area (Å²) < 4.78 is 47.1. The molecule has 47 heavy (non-hydrogen) atoms. The highest BCUT2D eigenvalue weighted by Gasteiger charge is 2.34. The molecule has 3 fully saturated rings. The SMILES string of the molecule is CC(C)(C)OC(=O)N1CCN(C2CCC(n3cc4cc(NC(=O)c5cccc(C(F)(F)F)n5)c(C(=O)NC5CC5)cc4n3)CC2)CC1. The third-order valence-corrected chi connectivity index (χ3v) is 8.86. The Bertz CT molecular complexity index is 1650. The van der Waals surface area contributed by atoms with E-state index in [4.69, 9.17) is 9.84 Å². The number of nitrogens with one attached hydrogen (secondary N) is 2. The van der Waals surface area contributed by atoms with E-state index in [1.165, 1.54) is 6.07 Å². The molecule has 3 aromatic rings. The van der Waals surface area contributed by atoms with Crippen LogP contribution in [0.25, 0.3) is 10.9 Å². The van der Waals surface area contributed by atoms with Gasteiger partial charge in [-0.25, -0.2) is 9.78 Å². The van der Waals surface area contributed by atoms with Crippen LogP contribution in [0.3, 0.4) is 0 Å². The number of fused-ring (bicyclic) bond motifs is 1. The number of rotatable bonds is 6. The lowest BCUT2D eigenvalue weighted by Crippen LogP contribution is -2.53. The maximum Gasteiger partial charge on any atom is 0.433 e. The summed E-state index contributed by atoms with van der Waals surface area (Å²) in [5.74, 6) is -1.24. The van der Waals surface area contributed by atoms with E-state index in [0.717, 1.165) is 63.7 Å². The van der Waals surface area contributed by atoms with E-state index in [-0.39, 0.29) is 35.3 Å². The molecule has 11 nitrogen and oxygen atoms in total. The van der Waals surface area contributed by atoms with Gasteiger partial charge in [0.1, 0.15) is 17.0 Å². The lowest BCUT2D eigenvalue weighted by Gasteiger charge is -2.42. The fourth-order valence-electron chi connectivity index (χ4n) is 6.25.